The molecule has 1 aliphatic heterocycles. The van der Waals surface area contributed by atoms with Gasteiger partial charge in [0.1, 0.15) is 0 Å². The first-order valence-electron chi connectivity index (χ1n) is 6.00. The van der Waals surface area contributed by atoms with Crippen LogP contribution in [0.2, 0.25) is 0 Å². The van der Waals surface area contributed by atoms with Crippen molar-refractivity contribution in [3.63, 3.8) is 0 Å². The molecule has 20 heavy (non-hydrogen) atoms. The molecule has 1 aliphatic rings. The largest absolute Gasteiger partial charge is 0.346 e. The summed E-state index contributed by atoms with van der Waals surface area (Å²) < 4.78 is 37.1. The summed E-state index contributed by atoms with van der Waals surface area (Å²) in [6.45, 7) is 1.14. The Morgan fingerprint density at radius 3 is 2.45 bits per heavy atom. The molecule has 1 aromatic heterocycles. The molecule has 0 atom stereocenters. The van der Waals surface area contributed by atoms with Crippen molar-refractivity contribution in [2.75, 3.05) is 17.9 Å². The van der Waals surface area contributed by atoms with Crippen molar-refractivity contribution in [3.05, 3.63) is 42.1 Å². The molecule has 0 unspecified atom stereocenters. The summed E-state index contributed by atoms with van der Waals surface area (Å²) >= 11 is 0. The van der Waals surface area contributed by atoms with E-state index in [0.717, 1.165) is 5.56 Å². The molecule has 2 heterocycles. The second kappa shape index (κ2) is 5.23. The van der Waals surface area contributed by atoms with Gasteiger partial charge in [-0.25, -0.2) is 0 Å². The van der Waals surface area contributed by atoms with E-state index in [-0.39, 0.29) is 11.3 Å². The minimum absolute atomic E-state index is 0.0176. The number of aromatic nitrogens is 2. The third kappa shape index (κ3) is 2.67. The molecule has 106 valence electrons. The van der Waals surface area contributed by atoms with Crippen LogP contribution in [-0.2, 0) is 19.5 Å². The first kappa shape index (κ1) is 13.1. The monoisotopic (exact) mass is 295 g/mol. The number of H-pyrrole nitrogens is 1. The Bertz CT molecular complexity index is 661. The lowest BCUT2D eigenvalue weighted by molar-refractivity contribution is -0.0441. The molecule has 7 nitrogen and oxygen atoms in total. The van der Waals surface area contributed by atoms with Crippen LogP contribution in [0.1, 0.15) is 11.9 Å². The van der Waals surface area contributed by atoms with Crippen LogP contribution < -0.4 is 4.72 Å². The highest BCUT2D eigenvalue weighted by atomic mass is 32.2. The van der Waals surface area contributed by atoms with Crippen molar-refractivity contribution in [3.8, 4) is 0 Å². The number of nitrogens with one attached hydrogen (secondary N) is 2. The molecule has 0 bridgehead atoms. The van der Waals surface area contributed by atoms with Crippen LogP contribution in [0.5, 0.6) is 0 Å². The lowest BCUT2D eigenvalue weighted by Gasteiger charge is -2.11. The fourth-order valence-electron chi connectivity index (χ4n) is 1.86. The van der Waals surface area contributed by atoms with E-state index < -0.39 is 10.0 Å². The van der Waals surface area contributed by atoms with Crippen LogP contribution in [0.15, 0.2) is 41.6 Å². The number of benzene rings is 1. The average Bonchev–Trinajstić information content (AvgIpc) is 3.13. The smallest absolute Gasteiger partial charge is 0.278 e. The Kier molecular flexibility index (Phi) is 3.43. The number of aromatic amines is 1. The van der Waals surface area contributed by atoms with Crippen molar-refractivity contribution in [1.29, 1.82) is 0 Å². The molecule has 3 rings (SSSR count). The first-order chi connectivity index (χ1) is 9.65. The minimum Gasteiger partial charge on any atom is -0.346 e. The summed E-state index contributed by atoms with van der Waals surface area (Å²) in [5, 5.41) is 6.05. The van der Waals surface area contributed by atoms with Gasteiger partial charge in [0, 0.05) is 11.3 Å². The molecule has 1 fully saturated rings. The van der Waals surface area contributed by atoms with E-state index in [2.05, 4.69) is 14.9 Å². The van der Waals surface area contributed by atoms with Crippen LogP contribution >= 0.6 is 0 Å². The Hall–Kier alpha value is -1.90. The van der Waals surface area contributed by atoms with E-state index in [4.69, 9.17) is 9.47 Å². The molecule has 1 saturated heterocycles. The summed E-state index contributed by atoms with van der Waals surface area (Å²) in [6.07, 6.45) is 1.01. The number of nitrogens with zero attached hydrogens (tertiary/aromatic N) is 1. The van der Waals surface area contributed by atoms with E-state index in [1.54, 1.807) is 24.3 Å². The minimum atomic E-state index is -3.63. The number of ether oxygens (including phenoxy) is 2. The lowest BCUT2D eigenvalue weighted by Crippen LogP contribution is -2.13. The fraction of sp³-hybridized carbons (Fsp3) is 0.250. The fourth-order valence-corrected chi connectivity index (χ4v) is 2.83. The number of hydrogen-bond donors (Lipinski definition) is 2. The van der Waals surface area contributed by atoms with E-state index in [1.807, 2.05) is 0 Å². The van der Waals surface area contributed by atoms with Gasteiger partial charge in [-0.1, -0.05) is 12.1 Å². The standard InChI is InChI=1S/C12H13N3O4S/c16-20(17,11-5-6-13-14-11)15-10-3-1-9(2-4-10)12-18-7-8-19-12/h1-6,12,15H,7-8H2,(H,13,14). The topological polar surface area (TPSA) is 93.3 Å². The van der Waals surface area contributed by atoms with Crippen molar-refractivity contribution >= 4 is 15.7 Å². The molecule has 0 spiro atoms. The predicted molar refractivity (Wildman–Crippen MR) is 70.5 cm³/mol. The lowest BCUT2D eigenvalue weighted by atomic mass is 10.2. The number of sulfonamides is 1. The van der Waals surface area contributed by atoms with Gasteiger partial charge in [0.25, 0.3) is 10.0 Å². The van der Waals surface area contributed by atoms with Crippen molar-refractivity contribution in [2.45, 2.75) is 11.3 Å². The molecular weight excluding hydrogens is 282 g/mol. The molecule has 0 saturated carbocycles. The molecule has 0 radical (unpaired) electrons. The first-order valence-corrected chi connectivity index (χ1v) is 7.49. The maximum atomic E-state index is 12.0. The highest BCUT2D eigenvalue weighted by molar-refractivity contribution is 7.92. The Morgan fingerprint density at radius 1 is 1.15 bits per heavy atom. The Morgan fingerprint density at radius 2 is 1.85 bits per heavy atom. The van der Waals surface area contributed by atoms with Gasteiger partial charge in [-0.2, -0.15) is 13.5 Å². The normalized spacial score (nSPS) is 16.4. The number of rotatable bonds is 4. The van der Waals surface area contributed by atoms with Gasteiger partial charge in [-0.3, -0.25) is 9.82 Å². The highest BCUT2D eigenvalue weighted by Crippen LogP contribution is 2.24. The van der Waals surface area contributed by atoms with Gasteiger partial charge in [0.2, 0.25) is 0 Å². The summed E-state index contributed by atoms with van der Waals surface area (Å²) in [4.78, 5) is 0. The zero-order chi connectivity index (χ0) is 14.0. The van der Waals surface area contributed by atoms with Crippen molar-refractivity contribution < 1.29 is 17.9 Å². The van der Waals surface area contributed by atoms with Crippen LogP contribution in [0.25, 0.3) is 0 Å². The Labute approximate surface area is 116 Å². The molecule has 2 N–H and O–H groups in total. The van der Waals surface area contributed by atoms with E-state index in [0.29, 0.717) is 18.9 Å². The van der Waals surface area contributed by atoms with E-state index in [9.17, 15) is 8.42 Å². The third-order valence-corrected chi connectivity index (χ3v) is 4.13. The summed E-state index contributed by atoms with van der Waals surface area (Å²) in [6, 6.07) is 8.24. The van der Waals surface area contributed by atoms with Gasteiger partial charge in [0.15, 0.2) is 11.3 Å². The molecular formula is C12H13N3O4S. The van der Waals surface area contributed by atoms with E-state index in [1.165, 1.54) is 12.3 Å². The van der Waals surface area contributed by atoms with Gasteiger partial charge in [0.05, 0.1) is 19.4 Å². The third-order valence-electron chi connectivity index (χ3n) is 2.82. The molecule has 1 aromatic carbocycles. The summed E-state index contributed by atoms with van der Waals surface area (Å²) in [5.74, 6) is 0. The average molecular weight is 295 g/mol. The molecule has 0 amide bonds. The van der Waals surface area contributed by atoms with E-state index >= 15 is 0 Å². The van der Waals surface area contributed by atoms with Gasteiger partial charge < -0.3 is 9.47 Å². The van der Waals surface area contributed by atoms with Crippen LogP contribution in [0.4, 0.5) is 5.69 Å². The molecule has 8 heteroatoms. The van der Waals surface area contributed by atoms with Crippen molar-refractivity contribution in [2.24, 2.45) is 0 Å². The van der Waals surface area contributed by atoms with Crippen LogP contribution in [0, 0.1) is 0 Å². The second-order valence-electron chi connectivity index (χ2n) is 4.22. The molecule has 2 aromatic rings. The summed E-state index contributed by atoms with van der Waals surface area (Å²) in [7, 11) is -3.63. The zero-order valence-electron chi connectivity index (χ0n) is 10.4. The maximum absolute atomic E-state index is 12.0. The number of hydrogen-bond acceptors (Lipinski definition) is 5. The van der Waals surface area contributed by atoms with Crippen LogP contribution in [-0.4, -0.2) is 31.8 Å². The summed E-state index contributed by atoms with van der Waals surface area (Å²) in [5.41, 5.74) is 1.31. The highest BCUT2D eigenvalue weighted by Gasteiger charge is 2.19. The van der Waals surface area contributed by atoms with Crippen molar-refractivity contribution in [1.82, 2.24) is 10.2 Å². The molecule has 0 aliphatic carbocycles. The maximum Gasteiger partial charge on any atom is 0.278 e. The van der Waals surface area contributed by atoms with Gasteiger partial charge in [-0.15, -0.1) is 0 Å². The Balaban J connectivity index is 1.75. The van der Waals surface area contributed by atoms with Crippen LogP contribution in [0.3, 0.4) is 0 Å². The number of anilines is 1. The zero-order valence-corrected chi connectivity index (χ0v) is 11.3. The predicted octanol–water partition coefficient (Wildman–Crippen LogP) is 1.26. The van der Waals surface area contributed by atoms with Gasteiger partial charge in [-0.05, 0) is 18.2 Å². The SMILES string of the molecule is O=S(=O)(Nc1ccc(C2OCCO2)cc1)c1ccn[nH]1. The second-order valence-corrected chi connectivity index (χ2v) is 5.87. The van der Waals surface area contributed by atoms with Gasteiger partial charge >= 0.3 is 0 Å². The quantitative estimate of drug-likeness (QED) is 0.885.